The molecular weight excluding hydrogens is 402 g/mol. The maximum absolute atomic E-state index is 12.9. The molecule has 0 spiro atoms. The summed E-state index contributed by atoms with van der Waals surface area (Å²) in [5, 5.41) is 0. The Morgan fingerprint density at radius 3 is 1.97 bits per heavy atom. The predicted molar refractivity (Wildman–Crippen MR) is 121 cm³/mol. The fraction of sp³-hybridized carbons (Fsp3) is 0.185. The van der Waals surface area contributed by atoms with Crippen LogP contribution >= 0.6 is 0 Å². The van der Waals surface area contributed by atoms with E-state index in [4.69, 9.17) is 9.47 Å². The SMILES string of the molecule is COC(=O)/C=C(/C(=O)OC)N1[C@@H](c2ccccc2)[C@@]1(Cc1ccccc1)c1ccccc1. The number of ether oxygens (including phenoxy) is 2. The van der Waals surface area contributed by atoms with Crippen molar-refractivity contribution in [3.05, 3.63) is 119 Å². The lowest BCUT2D eigenvalue weighted by Gasteiger charge is -2.20. The van der Waals surface area contributed by atoms with Crippen LogP contribution in [0.25, 0.3) is 0 Å². The van der Waals surface area contributed by atoms with Gasteiger partial charge in [0.05, 0.1) is 31.9 Å². The van der Waals surface area contributed by atoms with Gasteiger partial charge in [-0.1, -0.05) is 91.0 Å². The van der Waals surface area contributed by atoms with Crippen molar-refractivity contribution in [1.82, 2.24) is 4.90 Å². The van der Waals surface area contributed by atoms with Gasteiger partial charge in [-0.15, -0.1) is 0 Å². The summed E-state index contributed by atoms with van der Waals surface area (Å²) in [6.45, 7) is 0. The average molecular weight is 428 g/mol. The lowest BCUT2D eigenvalue weighted by molar-refractivity contribution is -0.139. The molecule has 3 aromatic rings. The number of hydrogen-bond acceptors (Lipinski definition) is 5. The lowest BCUT2D eigenvalue weighted by atomic mass is 9.86. The Morgan fingerprint density at radius 1 is 0.844 bits per heavy atom. The van der Waals surface area contributed by atoms with Gasteiger partial charge in [0, 0.05) is 6.42 Å². The molecule has 0 radical (unpaired) electrons. The molecule has 0 saturated carbocycles. The van der Waals surface area contributed by atoms with E-state index in [0.29, 0.717) is 6.42 Å². The number of esters is 2. The first-order chi connectivity index (χ1) is 15.6. The van der Waals surface area contributed by atoms with Gasteiger partial charge in [0.25, 0.3) is 0 Å². The van der Waals surface area contributed by atoms with E-state index in [2.05, 4.69) is 24.3 Å². The Hall–Kier alpha value is -3.86. The first kappa shape index (κ1) is 21.4. The summed E-state index contributed by atoms with van der Waals surface area (Å²) < 4.78 is 9.90. The first-order valence-electron chi connectivity index (χ1n) is 10.4. The van der Waals surface area contributed by atoms with Crippen LogP contribution in [0.2, 0.25) is 0 Å². The molecule has 2 atom stereocenters. The average Bonchev–Trinajstić information content (AvgIpc) is 3.52. The van der Waals surface area contributed by atoms with Crippen LogP contribution in [0.15, 0.2) is 103 Å². The number of methoxy groups -OCH3 is 2. The summed E-state index contributed by atoms with van der Waals surface area (Å²) in [4.78, 5) is 27.0. The van der Waals surface area contributed by atoms with Crippen molar-refractivity contribution >= 4 is 11.9 Å². The van der Waals surface area contributed by atoms with Crippen LogP contribution < -0.4 is 0 Å². The summed E-state index contributed by atoms with van der Waals surface area (Å²) >= 11 is 0. The van der Waals surface area contributed by atoms with E-state index in [9.17, 15) is 9.59 Å². The smallest absolute Gasteiger partial charge is 0.354 e. The third kappa shape index (κ3) is 3.89. The Bertz CT molecular complexity index is 1110. The molecule has 162 valence electrons. The summed E-state index contributed by atoms with van der Waals surface area (Å²) in [5.74, 6) is -1.19. The van der Waals surface area contributed by atoms with E-state index in [1.165, 1.54) is 20.3 Å². The molecule has 5 heteroatoms. The van der Waals surface area contributed by atoms with E-state index in [-0.39, 0.29) is 11.7 Å². The highest BCUT2D eigenvalue weighted by atomic mass is 16.5. The van der Waals surface area contributed by atoms with Crippen LogP contribution in [0.4, 0.5) is 0 Å². The molecule has 1 aliphatic rings. The number of hydrogen-bond donors (Lipinski definition) is 0. The number of carbonyl (C=O) groups is 2. The fourth-order valence-electron chi connectivity index (χ4n) is 4.46. The fourth-order valence-corrected chi connectivity index (χ4v) is 4.46. The van der Waals surface area contributed by atoms with Crippen LogP contribution in [-0.2, 0) is 31.0 Å². The van der Waals surface area contributed by atoms with Gasteiger partial charge in [-0.25, -0.2) is 9.59 Å². The molecule has 0 amide bonds. The maximum Gasteiger partial charge on any atom is 0.354 e. The molecule has 1 fully saturated rings. The zero-order chi connectivity index (χ0) is 22.6. The van der Waals surface area contributed by atoms with Crippen LogP contribution in [0.5, 0.6) is 0 Å². The molecule has 1 heterocycles. The maximum atomic E-state index is 12.9. The second kappa shape index (κ2) is 9.10. The molecule has 0 N–H and O–H groups in total. The third-order valence-corrected chi connectivity index (χ3v) is 5.89. The normalized spacial score (nSPS) is 19.9. The minimum atomic E-state index is -0.606. The lowest BCUT2D eigenvalue weighted by Crippen LogP contribution is -2.24. The second-order valence-electron chi connectivity index (χ2n) is 7.68. The topological polar surface area (TPSA) is 55.6 Å². The summed E-state index contributed by atoms with van der Waals surface area (Å²) in [6.07, 6.45) is 1.87. The minimum Gasteiger partial charge on any atom is -0.466 e. The van der Waals surface area contributed by atoms with Crippen LogP contribution in [0, 0.1) is 0 Å². The zero-order valence-corrected chi connectivity index (χ0v) is 18.1. The molecule has 32 heavy (non-hydrogen) atoms. The van der Waals surface area contributed by atoms with Gasteiger partial charge in [0.1, 0.15) is 5.70 Å². The van der Waals surface area contributed by atoms with Crippen molar-refractivity contribution in [3.8, 4) is 0 Å². The van der Waals surface area contributed by atoms with E-state index in [1.807, 2.05) is 71.6 Å². The van der Waals surface area contributed by atoms with E-state index in [1.54, 1.807) is 0 Å². The van der Waals surface area contributed by atoms with Crippen molar-refractivity contribution in [2.45, 2.75) is 18.0 Å². The third-order valence-electron chi connectivity index (χ3n) is 5.89. The zero-order valence-electron chi connectivity index (χ0n) is 18.1. The number of carbonyl (C=O) groups excluding carboxylic acids is 2. The predicted octanol–water partition coefficient (Wildman–Crippen LogP) is 4.41. The Kier molecular flexibility index (Phi) is 6.08. The van der Waals surface area contributed by atoms with E-state index >= 15 is 0 Å². The first-order valence-corrected chi connectivity index (χ1v) is 10.4. The van der Waals surface area contributed by atoms with Crippen molar-refractivity contribution in [3.63, 3.8) is 0 Å². The molecule has 5 nitrogen and oxygen atoms in total. The van der Waals surface area contributed by atoms with Crippen LogP contribution in [0.1, 0.15) is 22.7 Å². The highest BCUT2D eigenvalue weighted by Gasteiger charge is 2.65. The van der Waals surface area contributed by atoms with Gasteiger partial charge in [-0.3, -0.25) is 0 Å². The van der Waals surface area contributed by atoms with Gasteiger partial charge in [0.2, 0.25) is 0 Å². The molecule has 3 aromatic carbocycles. The van der Waals surface area contributed by atoms with Gasteiger partial charge < -0.3 is 14.4 Å². The van der Waals surface area contributed by atoms with Gasteiger partial charge in [-0.05, 0) is 16.7 Å². The second-order valence-corrected chi connectivity index (χ2v) is 7.68. The van der Waals surface area contributed by atoms with Gasteiger partial charge in [-0.2, -0.15) is 0 Å². The quantitative estimate of drug-likeness (QED) is 0.318. The Balaban J connectivity index is 1.92. The summed E-state index contributed by atoms with van der Waals surface area (Å²) in [7, 11) is 2.61. The molecular formula is C27H25NO4. The van der Waals surface area contributed by atoms with Crippen molar-refractivity contribution in [2.24, 2.45) is 0 Å². The Morgan fingerprint density at radius 2 is 1.41 bits per heavy atom. The highest BCUT2D eigenvalue weighted by molar-refractivity contribution is 5.96. The number of rotatable bonds is 7. The highest BCUT2D eigenvalue weighted by Crippen LogP contribution is 2.64. The van der Waals surface area contributed by atoms with E-state index in [0.717, 1.165) is 16.7 Å². The summed E-state index contributed by atoms with van der Waals surface area (Å²) in [5.41, 5.74) is 2.83. The molecule has 0 unspecified atom stereocenters. The largest absolute Gasteiger partial charge is 0.466 e. The Labute approximate surface area is 187 Å². The monoisotopic (exact) mass is 427 g/mol. The van der Waals surface area contributed by atoms with Crippen molar-refractivity contribution in [1.29, 1.82) is 0 Å². The van der Waals surface area contributed by atoms with Gasteiger partial charge >= 0.3 is 11.9 Å². The minimum absolute atomic E-state index is 0.165. The van der Waals surface area contributed by atoms with E-state index < -0.39 is 17.5 Å². The standard InChI is InChI=1S/C27H25NO4/c1-31-24(29)18-23(26(30)32-2)28-25(21-14-8-4-9-15-21)27(28,22-16-10-5-11-17-22)19-20-12-6-3-7-13-20/h3-18,25H,19H2,1-2H3/b23-18-/t25-,27+,28?/m0/s1. The molecule has 0 aromatic heterocycles. The number of nitrogens with zero attached hydrogens (tertiary/aromatic N) is 1. The molecule has 1 aliphatic heterocycles. The van der Waals surface area contributed by atoms with Gasteiger partial charge in [0.15, 0.2) is 0 Å². The molecule has 4 rings (SSSR count). The van der Waals surface area contributed by atoms with Crippen molar-refractivity contribution in [2.75, 3.05) is 14.2 Å². The van der Waals surface area contributed by atoms with Crippen LogP contribution in [0.3, 0.4) is 0 Å². The molecule has 0 aliphatic carbocycles. The van der Waals surface area contributed by atoms with Crippen LogP contribution in [-0.4, -0.2) is 31.1 Å². The van der Waals surface area contributed by atoms with Crippen molar-refractivity contribution < 1.29 is 19.1 Å². The molecule has 0 bridgehead atoms. The molecule has 1 saturated heterocycles. The summed E-state index contributed by atoms with van der Waals surface area (Å²) in [6, 6.07) is 30.0. The number of benzene rings is 3.